The topological polar surface area (TPSA) is 20.2 Å². The Bertz CT molecular complexity index is 384. The maximum atomic E-state index is 10.7. The van der Waals surface area contributed by atoms with Crippen molar-refractivity contribution < 1.29 is 10.6 Å². The smallest absolute Gasteiger partial charge is 0.0678 e. The van der Waals surface area contributed by atoms with Crippen molar-refractivity contribution in [3.05, 3.63) is 0 Å². The largest absolute Gasteiger partial charge is 0.390 e. The summed E-state index contributed by atoms with van der Waals surface area (Å²) in [6.45, 7) is 0. The van der Waals surface area contributed by atoms with Crippen molar-refractivity contribution in [1.82, 2.24) is 0 Å². The zero-order valence-electron chi connectivity index (χ0n) is 11.7. The highest BCUT2D eigenvalue weighted by Gasteiger charge is 2.65. The summed E-state index contributed by atoms with van der Waals surface area (Å²) in [6, 6.07) is 0. The van der Waals surface area contributed by atoms with Crippen molar-refractivity contribution in [1.29, 1.82) is 0 Å². The SMILES string of the molecule is [2H]C1([2H])CC2C3CCC2C3[C@H]2CC([2H])([2H])[C@]21O. The van der Waals surface area contributed by atoms with Crippen LogP contribution in [0.4, 0.5) is 0 Å². The van der Waals surface area contributed by atoms with Gasteiger partial charge in [0, 0.05) is 5.48 Å². The molecular formula is C12H18O. The number of fused-ring (bicyclic) bond motifs is 2. The zero-order valence-corrected chi connectivity index (χ0v) is 7.66. The molecular weight excluding hydrogens is 160 g/mol. The molecule has 0 radical (unpaired) electrons. The molecule has 6 aliphatic rings. The summed E-state index contributed by atoms with van der Waals surface area (Å²) in [7, 11) is 0. The average Bonchev–Trinajstić information content (AvgIpc) is 2.79. The molecule has 0 amide bonds. The molecule has 4 bridgehead atoms. The highest BCUT2D eigenvalue weighted by Crippen LogP contribution is 2.69. The molecule has 2 unspecified atom stereocenters. The molecule has 4 atom stereocenters. The van der Waals surface area contributed by atoms with E-state index >= 15 is 0 Å². The molecule has 6 aliphatic carbocycles. The van der Waals surface area contributed by atoms with Gasteiger partial charge in [-0.3, -0.25) is 0 Å². The van der Waals surface area contributed by atoms with E-state index in [1.807, 2.05) is 0 Å². The molecule has 0 spiro atoms. The molecule has 0 aromatic carbocycles. The summed E-state index contributed by atoms with van der Waals surface area (Å²) >= 11 is 0. The van der Waals surface area contributed by atoms with Crippen LogP contribution in [0.5, 0.6) is 0 Å². The van der Waals surface area contributed by atoms with Crippen molar-refractivity contribution in [2.75, 3.05) is 0 Å². The molecule has 6 fully saturated rings. The van der Waals surface area contributed by atoms with Crippen LogP contribution in [0.1, 0.15) is 43.9 Å². The molecule has 1 heteroatoms. The fourth-order valence-corrected chi connectivity index (χ4v) is 4.45. The van der Waals surface area contributed by atoms with Crippen molar-refractivity contribution >= 4 is 0 Å². The summed E-state index contributed by atoms with van der Waals surface area (Å²) in [5, 5.41) is 10.7. The Labute approximate surface area is 85.1 Å². The first kappa shape index (κ1) is 4.65. The minimum Gasteiger partial charge on any atom is -0.390 e. The lowest BCUT2D eigenvalue weighted by Gasteiger charge is -2.54. The van der Waals surface area contributed by atoms with Gasteiger partial charge in [-0.2, -0.15) is 0 Å². The Morgan fingerprint density at radius 3 is 2.38 bits per heavy atom. The average molecular weight is 182 g/mol. The van der Waals surface area contributed by atoms with Crippen LogP contribution in [0.15, 0.2) is 0 Å². The fourth-order valence-electron chi connectivity index (χ4n) is 4.45. The van der Waals surface area contributed by atoms with E-state index in [-0.39, 0.29) is 5.92 Å². The number of hydrogen-bond acceptors (Lipinski definition) is 1. The molecule has 0 heterocycles. The Hall–Kier alpha value is -0.0400. The quantitative estimate of drug-likeness (QED) is 0.609. The maximum Gasteiger partial charge on any atom is 0.0678 e. The first-order valence-corrected chi connectivity index (χ1v) is 5.52. The summed E-state index contributed by atoms with van der Waals surface area (Å²) in [5.74, 6) is 1.84. The van der Waals surface area contributed by atoms with Gasteiger partial charge >= 0.3 is 0 Å². The molecule has 1 N–H and O–H groups in total. The third kappa shape index (κ3) is 0.643. The van der Waals surface area contributed by atoms with Gasteiger partial charge in [0.1, 0.15) is 0 Å². The second-order valence-electron chi connectivity index (χ2n) is 5.28. The Morgan fingerprint density at radius 2 is 1.69 bits per heavy atom. The molecule has 0 saturated heterocycles. The van der Waals surface area contributed by atoms with Crippen LogP contribution in [0.2, 0.25) is 0 Å². The number of rotatable bonds is 0. The second-order valence-corrected chi connectivity index (χ2v) is 5.28. The summed E-state index contributed by atoms with van der Waals surface area (Å²) in [5.41, 5.74) is -1.73. The standard InChI is InChI=1S/C12H18O/c13-12-5-3-7-8-1-2-9(7)11(8)10(12)4-6-12/h7-11,13H,1-6H2/t7?,8?,9?,10-,11?,12+/m1/s1/i5D2,6D2. The Balaban J connectivity index is 1.82. The van der Waals surface area contributed by atoms with Gasteiger partial charge in [0.15, 0.2) is 0 Å². The van der Waals surface area contributed by atoms with E-state index in [0.29, 0.717) is 36.5 Å². The van der Waals surface area contributed by atoms with E-state index in [1.54, 1.807) is 0 Å². The first-order chi connectivity index (χ1) is 7.80. The molecule has 72 valence electrons. The van der Waals surface area contributed by atoms with Crippen LogP contribution in [0, 0.1) is 29.6 Å². The molecule has 6 saturated carbocycles. The van der Waals surface area contributed by atoms with E-state index in [0.717, 1.165) is 0 Å². The lowest BCUT2D eigenvalue weighted by Crippen LogP contribution is -2.53. The lowest BCUT2D eigenvalue weighted by atomic mass is 9.53. The second kappa shape index (κ2) is 1.98. The van der Waals surface area contributed by atoms with E-state index in [1.165, 1.54) is 12.8 Å². The van der Waals surface area contributed by atoms with Gasteiger partial charge in [-0.15, -0.1) is 0 Å². The fraction of sp³-hybridized carbons (Fsp3) is 1.00. The third-order valence-electron chi connectivity index (χ3n) is 5.12. The molecule has 1 nitrogen and oxygen atoms in total. The predicted molar refractivity (Wildman–Crippen MR) is 50.1 cm³/mol. The van der Waals surface area contributed by atoms with Gasteiger partial charge in [-0.05, 0) is 68.0 Å². The van der Waals surface area contributed by atoms with Crippen LogP contribution >= 0.6 is 0 Å². The van der Waals surface area contributed by atoms with Gasteiger partial charge in [0.25, 0.3) is 0 Å². The number of hydrogen-bond donors (Lipinski definition) is 1. The zero-order chi connectivity index (χ0) is 12.2. The third-order valence-corrected chi connectivity index (χ3v) is 5.12. The number of aliphatic hydroxyl groups is 1. The van der Waals surface area contributed by atoms with Crippen molar-refractivity contribution in [3.63, 3.8) is 0 Å². The van der Waals surface area contributed by atoms with Gasteiger partial charge in [0.05, 0.1) is 5.60 Å². The van der Waals surface area contributed by atoms with E-state index in [2.05, 4.69) is 0 Å². The van der Waals surface area contributed by atoms with Crippen LogP contribution in [0.3, 0.4) is 0 Å². The van der Waals surface area contributed by atoms with Crippen LogP contribution in [-0.4, -0.2) is 10.7 Å². The van der Waals surface area contributed by atoms with Crippen molar-refractivity contribution in [2.24, 2.45) is 29.6 Å². The Kier molecular flexibility index (Phi) is 0.707. The summed E-state index contributed by atoms with van der Waals surface area (Å²) < 4.78 is 32.1. The van der Waals surface area contributed by atoms with Crippen LogP contribution in [0.25, 0.3) is 0 Å². The van der Waals surface area contributed by atoms with E-state index in [9.17, 15) is 5.11 Å². The molecule has 6 rings (SSSR count). The highest BCUT2D eigenvalue weighted by atomic mass is 16.3. The molecule has 13 heavy (non-hydrogen) atoms. The molecule has 0 aliphatic heterocycles. The van der Waals surface area contributed by atoms with Gasteiger partial charge in [-0.1, -0.05) is 0 Å². The highest BCUT2D eigenvalue weighted by molar-refractivity contribution is 5.15. The maximum absolute atomic E-state index is 10.7. The van der Waals surface area contributed by atoms with E-state index in [4.69, 9.17) is 5.48 Å². The minimum absolute atomic E-state index is 0.135. The molecule has 0 aromatic rings. The van der Waals surface area contributed by atoms with Gasteiger partial charge < -0.3 is 5.11 Å². The first-order valence-electron chi connectivity index (χ1n) is 7.52. The summed E-state index contributed by atoms with van der Waals surface area (Å²) in [6.07, 6.45) is -0.426. The molecule has 0 aromatic heterocycles. The Morgan fingerprint density at radius 1 is 1.00 bits per heavy atom. The van der Waals surface area contributed by atoms with Crippen LogP contribution < -0.4 is 0 Å². The normalized spacial score (nSPS) is 79.9. The minimum atomic E-state index is -1.75. The van der Waals surface area contributed by atoms with E-state index < -0.39 is 18.3 Å². The lowest BCUT2D eigenvalue weighted by molar-refractivity contribution is -0.140. The summed E-state index contributed by atoms with van der Waals surface area (Å²) in [4.78, 5) is 0. The van der Waals surface area contributed by atoms with Gasteiger partial charge in [-0.25, -0.2) is 0 Å². The van der Waals surface area contributed by atoms with Crippen LogP contribution in [-0.2, 0) is 0 Å². The van der Waals surface area contributed by atoms with Crippen molar-refractivity contribution in [2.45, 2.75) is 44.0 Å². The van der Waals surface area contributed by atoms with Gasteiger partial charge in [0.2, 0.25) is 0 Å². The van der Waals surface area contributed by atoms with Crippen molar-refractivity contribution in [3.8, 4) is 0 Å². The predicted octanol–water partition coefficient (Wildman–Crippen LogP) is 2.19. The monoisotopic (exact) mass is 182 g/mol.